The quantitative estimate of drug-likeness (QED) is 0.442. The molecule has 0 spiro atoms. The number of hydrogen-bond acceptors (Lipinski definition) is 4. The van der Waals surface area contributed by atoms with Gasteiger partial charge in [-0.3, -0.25) is 0 Å². The van der Waals surface area contributed by atoms with E-state index in [4.69, 9.17) is 21.1 Å². The predicted molar refractivity (Wildman–Crippen MR) is 91.1 cm³/mol. The molecule has 0 bridgehead atoms. The zero-order valence-electron chi connectivity index (χ0n) is 13.9. The second kappa shape index (κ2) is 11.1. The lowest BCUT2D eigenvalue weighted by Crippen LogP contribution is -2.10. The molecule has 0 unspecified atom stereocenters. The smallest absolute Gasteiger partial charge is 0.338 e. The van der Waals surface area contributed by atoms with Gasteiger partial charge in [-0.15, -0.1) is 0 Å². The normalized spacial score (nSPS) is 10.4. The van der Waals surface area contributed by atoms with Crippen LogP contribution in [0.15, 0.2) is 18.2 Å². The maximum atomic E-state index is 12.0. The van der Waals surface area contributed by atoms with E-state index in [1.54, 1.807) is 0 Å². The van der Waals surface area contributed by atoms with E-state index in [1.165, 1.54) is 18.2 Å². The average Bonchev–Trinajstić information content (AvgIpc) is 2.54. The number of halogens is 1. The summed E-state index contributed by atoms with van der Waals surface area (Å²) in [5.74, 6) is -0.938. The number of benzene rings is 1. The van der Waals surface area contributed by atoms with Crippen molar-refractivity contribution in [1.82, 2.24) is 0 Å². The number of unbranched alkanes of at least 4 members (excludes halogenated alkanes) is 4. The first-order valence-corrected chi connectivity index (χ1v) is 8.61. The van der Waals surface area contributed by atoms with Gasteiger partial charge in [0.05, 0.1) is 24.3 Å². The van der Waals surface area contributed by atoms with Crippen LogP contribution in [0, 0.1) is 0 Å². The van der Waals surface area contributed by atoms with Crippen molar-refractivity contribution >= 4 is 23.5 Å². The Hall–Kier alpha value is -1.55. The molecule has 23 heavy (non-hydrogen) atoms. The second-order valence-corrected chi connectivity index (χ2v) is 5.85. The Morgan fingerprint density at radius 3 is 1.65 bits per heavy atom. The van der Waals surface area contributed by atoms with Crippen molar-refractivity contribution in [2.75, 3.05) is 13.2 Å². The van der Waals surface area contributed by atoms with Crippen LogP contribution in [0.3, 0.4) is 0 Å². The maximum Gasteiger partial charge on any atom is 0.338 e. The highest BCUT2D eigenvalue weighted by Gasteiger charge is 2.14. The lowest BCUT2D eigenvalue weighted by molar-refractivity contribution is 0.0496. The minimum absolute atomic E-state index is 0.273. The summed E-state index contributed by atoms with van der Waals surface area (Å²) in [4.78, 5) is 24.0. The van der Waals surface area contributed by atoms with Gasteiger partial charge in [0, 0.05) is 5.02 Å². The minimum Gasteiger partial charge on any atom is -0.462 e. The third-order valence-corrected chi connectivity index (χ3v) is 3.55. The fourth-order valence-corrected chi connectivity index (χ4v) is 2.26. The largest absolute Gasteiger partial charge is 0.462 e. The molecule has 0 aliphatic heterocycles. The molecule has 0 fully saturated rings. The van der Waals surface area contributed by atoms with Crippen molar-refractivity contribution in [1.29, 1.82) is 0 Å². The highest BCUT2D eigenvalue weighted by Crippen LogP contribution is 2.17. The Balaban J connectivity index is 2.63. The van der Waals surface area contributed by atoms with Crippen molar-refractivity contribution in [3.05, 3.63) is 34.3 Å². The number of esters is 2. The van der Waals surface area contributed by atoms with Gasteiger partial charge in [0.25, 0.3) is 0 Å². The fraction of sp³-hybridized carbons (Fsp3) is 0.556. The third-order valence-electron chi connectivity index (χ3n) is 3.33. The first kappa shape index (κ1) is 19.5. The Bertz CT molecular complexity index is 471. The molecule has 0 aliphatic rings. The van der Waals surface area contributed by atoms with Crippen LogP contribution in [0.1, 0.15) is 73.1 Å². The van der Waals surface area contributed by atoms with Crippen molar-refractivity contribution < 1.29 is 19.1 Å². The van der Waals surface area contributed by atoms with E-state index in [1.807, 2.05) is 0 Å². The van der Waals surface area contributed by atoms with Gasteiger partial charge in [-0.1, -0.05) is 51.1 Å². The topological polar surface area (TPSA) is 52.6 Å². The van der Waals surface area contributed by atoms with E-state index in [0.717, 1.165) is 38.5 Å². The van der Waals surface area contributed by atoms with Gasteiger partial charge in [-0.25, -0.2) is 9.59 Å². The molecule has 1 rings (SSSR count). The minimum atomic E-state index is -0.469. The van der Waals surface area contributed by atoms with Crippen LogP contribution in [-0.2, 0) is 9.47 Å². The lowest BCUT2D eigenvalue weighted by atomic mass is 10.1. The highest BCUT2D eigenvalue weighted by atomic mass is 35.5. The Morgan fingerprint density at radius 1 is 0.826 bits per heavy atom. The third kappa shape index (κ3) is 7.51. The van der Waals surface area contributed by atoms with Crippen LogP contribution in [0.4, 0.5) is 0 Å². The average molecular weight is 341 g/mol. The van der Waals surface area contributed by atoms with E-state index in [9.17, 15) is 9.59 Å². The van der Waals surface area contributed by atoms with Crippen molar-refractivity contribution in [3.63, 3.8) is 0 Å². The highest BCUT2D eigenvalue weighted by molar-refractivity contribution is 6.31. The summed E-state index contributed by atoms with van der Waals surface area (Å²) in [5.41, 5.74) is 0.545. The molecule has 0 amide bonds. The first-order valence-electron chi connectivity index (χ1n) is 8.23. The molecule has 5 heteroatoms. The van der Waals surface area contributed by atoms with E-state index < -0.39 is 11.9 Å². The first-order chi connectivity index (χ1) is 11.1. The second-order valence-electron chi connectivity index (χ2n) is 5.41. The summed E-state index contributed by atoms with van der Waals surface area (Å²) in [7, 11) is 0. The standard InChI is InChI=1S/C18H25ClO4/c1-3-5-7-9-22-17(20)14-11-15(13-16(19)12-14)18(21)23-10-8-6-4-2/h11-13H,3-10H2,1-2H3. The molecule has 0 atom stereocenters. The Labute approximate surface area is 143 Å². The summed E-state index contributed by atoms with van der Waals surface area (Å²) < 4.78 is 10.4. The van der Waals surface area contributed by atoms with Crippen LogP contribution in [0.2, 0.25) is 5.02 Å². The maximum absolute atomic E-state index is 12.0. The van der Waals surface area contributed by atoms with Crippen molar-refractivity contribution in [3.8, 4) is 0 Å². The van der Waals surface area contributed by atoms with Crippen LogP contribution in [0.25, 0.3) is 0 Å². The fourth-order valence-electron chi connectivity index (χ4n) is 2.03. The molecule has 0 radical (unpaired) electrons. The molecule has 0 aliphatic carbocycles. The molecular formula is C18H25ClO4. The molecular weight excluding hydrogens is 316 g/mol. The van der Waals surface area contributed by atoms with Crippen LogP contribution in [0.5, 0.6) is 0 Å². The SMILES string of the molecule is CCCCCOC(=O)c1cc(Cl)cc(C(=O)OCCCCC)c1. The van der Waals surface area contributed by atoms with E-state index in [-0.39, 0.29) is 11.1 Å². The van der Waals surface area contributed by atoms with E-state index in [2.05, 4.69) is 13.8 Å². The van der Waals surface area contributed by atoms with Gasteiger partial charge in [0.1, 0.15) is 0 Å². The van der Waals surface area contributed by atoms with Crippen LogP contribution < -0.4 is 0 Å². The van der Waals surface area contributed by atoms with Crippen molar-refractivity contribution in [2.45, 2.75) is 52.4 Å². The lowest BCUT2D eigenvalue weighted by Gasteiger charge is -2.08. The summed E-state index contributed by atoms with van der Waals surface area (Å²) in [6, 6.07) is 4.46. The zero-order chi connectivity index (χ0) is 17.1. The van der Waals surface area contributed by atoms with Gasteiger partial charge >= 0.3 is 11.9 Å². The molecule has 0 saturated carbocycles. The number of carbonyl (C=O) groups is 2. The van der Waals surface area contributed by atoms with Crippen molar-refractivity contribution in [2.24, 2.45) is 0 Å². The van der Waals surface area contributed by atoms with Gasteiger partial charge in [0.15, 0.2) is 0 Å². The van der Waals surface area contributed by atoms with Gasteiger partial charge < -0.3 is 9.47 Å². The summed E-state index contributed by atoms with van der Waals surface area (Å²) in [6.07, 6.45) is 5.80. The summed E-state index contributed by atoms with van der Waals surface area (Å²) in [6.45, 7) is 4.90. The number of carbonyl (C=O) groups excluding carboxylic acids is 2. The molecule has 4 nitrogen and oxygen atoms in total. The molecule has 1 aromatic rings. The Kier molecular flexibility index (Phi) is 9.37. The monoisotopic (exact) mass is 340 g/mol. The summed E-state index contributed by atoms with van der Waals surface area (Å²) >= 11 is 5.99. The molecule has 0 heterocycles. The Morgan fingerprint density at radius 2 is 1.26 bits per heavy atom. The zero-order valence-corrected chi connectivity index (χ0v) is 14.7. The summed E-state index contributed by atoms with van der Waals surface area (Å²) in [5, 5.41) is 0.313. The number of rotatable bonds is 10. The number of ether oxygens (including phenoxy) is 2. The van der Waals surface area contributed by atoms with E-state index in [0.29, 0.717) is 18.2 Å². The number of hydrogen-bond donors (Lipinski definition) is 0. The molecule has 0 saturated heterocycles. The predicted octanol–water partition coefficient (Wildman–Crippen LogP) is 5.03. The van der Waals surface area contributed by atoms with E-state index >= 15 is 0 Å². The van der Waals surface area contributed by atoms with Gasteiger partial charge in [-0.05, 0) is 31.0 Å². The molecule has 0 N–H and O–H groups in total. The molecule has 128 valence electrons. The van der Waals surface area contributed by atoms with Crippen LogP contribution in [-0.4, -0.2) is 25.2 Å². The van der Waals surface area contributed by atoms with Gasteiger partial charge in [-0.2, -0.15) is 0 Å². The molecule has 1 aromatic carbocycles. The van der Waals surface area contributed by atoms with Crippen LogP contribution >= 0.6 is 11.6 Å². The molecule has 0 aromatic heterocycles. The van der Waals surface area contributed by atoms with Gasteiger partial charge in [0.2, 0.25) is 0 Å².